The third-order valence-electron chi connectivity index (χ3n) is 5.86. The van der Waals surface area contributed by atoms with Crippen molar-refractivity contribution in [3.63, 3.8) is 0 Å². The van der Waals surface area contributed by atoms with Gasteiger partial charge < -0.3 is 19.5 Å². The van der Waals surface area contributed by atoms with Gasteiger partial charge in [0.05, 0.1) is 24.0 Å². The smallest absolute Gasteiger partial charge is 0.323 e. The molecule has 1 aromatic heterocycles. The maximum atomic E-state index is 13.3. The number of aromatic nitrogens is 1. The van der Waals surface area contributed by atoms with E-state index in [-0.39, 0.29) is 24.4 Å². The zero-order valence-electron chi connectivity index (χ0n) is 15.2. The summed E-state index contributed by atoms with van der Waals surface area (Å²) in [7, 11) is 2.00. The van der Waals surface area contributed by atoms with Gasteiger partial charge in [0.15, 0.2) is 0 Å². The second-order valence-electron chi connectivity index (χ2n) is 7.35. The Balaban J connectivity index is 1.51. The molecule has 0 saturated carbocycles. The Hall–Kier alpha value is -2.99. The SMILES string of the molecule is CN1C2=C(C(=O)N(c3ccc4ccn(CC(=O)O)c4c3)C2)C2C(Cl)=CC=CC21. The van der Waals surface area contributed by atoms with Crippen molar-refractivity contribution in [3.05, 3.63) is 65.0 Å². The Morgan fingerprint density at radius 2 is 2.14 bits per heavy atom. The molecule has 5 rings (SSSR count). The highest BCUT2D eigenvalue weighted by atomic mass is 35.5. The molecule has 3 aliphatic rings. The highest BCUT2D eigenvalue weighted by Crippen LogP contribution is 2.46. The van der Waals surface area contributed by atoms with Crippen LogP contribution in [0, 0.1) is 5.92 Å². The summed E-state index contributed by atoms with van der Waals surface area (Å²) in [5.74, 6) is -1.06. The molecule has 7 heteroatoms. The molecule has 1 aliphatic carbocycles. The fourth-order valence-electron chi connectivity index (χ4n) is 4.50. The molecule has 0 radical (unpaired) electrons. The minimum Gasteiger partial charge on any atom is -0.480 e. The third kappa shape index (κ3) is 2.34. The molecule has 1 amide bonds. The Morgan fingerprint density at radius 1 is 1.32 bits per heavy atom. The molecule has 0 saturated heterocycles. The summed E-state index contributed by atoms with van der Waals surface area (Å²) in [4.78, 5) is 28.3. The topological polar surface area (TPSA) is 65.8 Å². The summed E-state index contributed by atoms with van der Waals surface area (Å²) in [5.41, 5.74) is 3.32. The number of carboxylic acids is 1. The summed E-state index contributed by atoms with van der Waals surface area (Å²) in [5, 5.41) is 10.7. The molecule has 28 heavy (non-hydrogen) atoms. The van der Waals surface area contributed by atoms with Crippen LogP contribution in [0.3, 0.4) is 0 Å². The fraction of sp³-hybridized carbons (Fsp3) is 0.238. The summed E-state index contributed by atoms with van der Waals surface area (Å²) in [6.45, 7) is 0.371. The van der Waals surface area contributed by atoms with Crippen molar-refractivity contribution >= 4 is 40.1 Å². The average molecular weight is 396 g/mol. The van der Waals surface area contributed by atoms with E-state index in [0.29, 0.717) is 11.6 Å². The molecule has 2 aliphatic heterocycles. The van der Waals surface area contributed by atoms with Crippen molar-refractivity contribution in [2.45, 2.75) is 12.6 Å². The minimum atomic E-state index is -0.903. The first kappa shape index (κ1) is 17.1. The van der Waals surface area contributed by atoms with E-state index in [2.05, 4.69) is 11.0 Å². The highest BCUT2D eigenvalue weighted by Gasteiger charge is 2.48. The van der Waals surface area contributed by atoms with Crippen LogP contribution in [0.1, 0.15) is 0 Å². The van der Waals surface area contributed by atoms with Crippen molar-refractivity contribution in [2.75, 3.05) is 18.5 Å². The molecule has 1 N–H and O–H groups in total. The van der Waals surface area contributed by atoms with Crippen molar-refractivity contribution in [1.82, 2.24) is 9.47 Å². The first-order chi connectivity index (χ1) is 13.5. The van der Waals surface area contributed by atoms with E-state index >= 15 is 0 Å². The molecule has 0 spiro atoms. The Kier molecular flexibility index (Phi) is 3.67. The maximum Gasteiger partial charge on any atom is 0.323 e. The lowest BCUT2D eigenvalue weighted by molar-refractivity contribution is -0.137. The second kappa shape index (κ2) is 6.01. The lowest BCUT2D eigenvalue weighted by Crippen LogP contribution is -2.38. The number of nitrogens with zero attached hydrogens (tertiary/aromatic N) is 3. The predicted molar refractivity (Wildman–Crippen MR) is 107 cm³/mol. The number of carboxylic acid groups (broad SMARTS) is 1. The summed E-state index contributed by atoms with van der Waals surface area (Å²) < 4.78 is 1.68. The number of hydrogen-bond donors (Lipinski definition) is 1. The molecule has 0 bridgehead atoms. The Labute approximate surface area is 166 Å². The Morgan fingerprint density at radius 3 is 2.93 bits per heavy atom. The van der Waals surface area contributed by atoms with Crippen molar-refractivity contribution in [3.8, 4) is 0 Å². The molecule has 6 nitrogen and oxygen atoms in total. The van der Waals surface area contributed by atoms with E-state index < -0.39 is 5.97 Å². The molecular weight excluding hydrogens is 378 g/mol. The van der Waals surface area contributed by atoms with Crippen LogP contribution < -0.4 is 4.90 Å². The molecule has 142 valence electrons. The molecule has 2 unspecified atom stereocenters. The van der Waals surface area contributed by atoms with Crippen LogP contribution in [0.2, 0.25) is 0 Å². The van der Waals surface area contributed by atoms with Crippen LogP contribution in [0.4, 0.5) is 5.69 Å². The predicted octanol–water partition coefficient (Wildman–Crippen LogP) is 2.95. The number of amides is 1. The van der Waals surface area contributed by atoms with Gasteiger partial charge in [0.1, 0.15) is 6.54 Å². The van der Waals surface area contributed by atoms with E-state index in [0.717, 1.165) is 27.9 Å². The van der Waals surface area contributed by atoms with Gasteiger partial charge in [-0.1, -0.05) is 29.8 Å². The van der Waals surface area contributed by atoms with Gasteiger partial charge in [-0.05, 0) is 29.7 Å². The zero-order valence-corrected chi connectivity index (χ0v) is 15.9. The number of allylic oxidation sites excluding steroid dienone is 2. The van der Waals surface area contributed by atoms with E-state index in [1.165, 1.54) is 0 Å². The standard InChI is InChI=1S/C21H18ClN3O3/c1-23-15-4-2-3-14(22)19(15)20-17(23)10-25(21(20)28)13-6-5-12-7-8-24(11-18(26)27)16(12)9-13/h2-9,15,19H,10-11H2,1H3,(H,26,27). The van der Waals surface area contributed by atoms with Crippen LogP contribution >= 0.6 is 11.6 Å². The number of carbonyl (C=O) groups excluding carboxylic acids is 1. The van der Waals surface area contributed by atoms with Crippen molar-refractivity contribution in [1.29, 1.82) is 0 Å². The fourth-order valence-corrected chi connectivity index (χ4v) is 4.81. The van der Waals surface area contributed by atoms with Gasteiger partial charge in [0, 0.05) is 35.2 Å². The van der Waals surface area contributed by atoms with E-state index in [1.807, 2.05) is 43.5 Å². The minimum absolute atomic E-state index is 0.0353. The van der Waals surface area contributed by atoms with Gasteiger partial charge in [-0.25, -0.2) is 0 Å². The second-order valence-corrected chi connectivity index (χ2v) is 7.78. The third-order valence-corrected chi connectivity index (χ3v) is 6.22. The molecule has 2 aromatic rings. The van der Waals surface area contributed by atoms with Gasteiger partial charge in [-0.2, -0.15) is 0 Å². The van der Waals surface area contributed by atoms with Crippen LogP contribution in [-0.4, -0.2) is 46.1 Å². The quantitative estimate of drug-likeness (QED) is 0.867. The van der Waals surface area contributed by atoms with E-state index in [9.17, 15) is 9.59 Å². The van der Waals surface area contributed by atoms with Gasteiger partial charge >= 0.3 is 5.97 Å². The van der Waals surface area contributed by atoms with E-state index in [4.69, 9.17) is 16.7 Å². The van der Waals surface area contributed by atoms with Crippen molar-refractivity contribution < 1.29 is 14.7 Å². The highest BCUT2D eigenvalue weighted by molar-refractivity contribution is 6.31. The normalized spacial score (nSPS) is 23.5. The van der Waals surface area contributed by atoms with Gasteiger partial charge in [-0.15, -0.1) is 0 Å². The number of likely N-dealkylation sites (N-methyl/N-ethyl adjacent to an activating group) is 1. The first-order valence-electron chi connectivity index (χ1n) is 9.08. The lowest BCUT2D eigenvalue weighted by Gasteiger charge is -2.31. The largest absolute Gasteiger partial charge is 0.480 e. The van der Waals surface area contributed by atoms with Gasteiger partial charge in [0.2, 0.25) is 0 Å². The van der Waals surface area contributed by atoms with Gasteiger partial charge in [0.25, 0.3) is 5.91 Å². The summed E-state index contributed by atoms with van der Waals surface area (Å²) in [6, 6.07) is 7.67. The number of halogens is 1. The molecule has 1 aromatic carbocycles. The number of hydrogen-bond acceptors (Lipinski definition) is 3. The number of anilines is 1. The van der Waals surface area contributed by atoms with Crippen molar-refractivity contribution in [2.24, 2.45) is 5.92 Å². The number of rotatable bonds is 3. The lowest BCUT2D eigenvalue weighted by atomic mass is 9.90. The zero-order chi connectivity index (χ0) is 19.6. The molecule has 3 heterocycles. The average Bonchev–Trinajstić information content (AvgIpc) is 3.29. The Bertz CT molecular complexity index is 1130. The maximum absolute atomic E-state index is 13.3. The number of carbonyl (C=O) groups is 2. The number of benzene rings is 1. The van der Waals surface area contributed by atoms with Crippen LogP contribution in [-0.2, 0) is 16.1 Å². The van der Waals surface area contributed by atoms with Crippen LogP contribution in [0.5, 0.6) is 0 Å². The van der Waals surface area contributed by atoms with Gasteiger partial charge in [-0.3, -0.25) is 9.59 Å². The molecular formula is C21H18ClN3O3. The van der Waals surface area contributed by atoms with E-state index in [1.54, 1.807) is 15.7 Å². The molecule has 2 atom stereocenters. The van der Waals surface area contributed by atoms with Crippen LogP contribution in [0.25, 0.3) is 10.9 Å². The monoisotopic (exact) mass is 395 g/mol. The van der Waals surface area contributed by atoms with Crippen LogP contribution in [0.15, 0.2) is 65.0 Å². The first-order valence-corrected chi connectivity index (χ1v) is 9.46. The summed E-state index contributed by atoms with van der Waals surface area (Å²) in [6.07, 6.45) is 7.63. The number of fused-ring (bicyclic) bond motifs is 3. The number of aliphatic carboxylic acids is 1. The summed E-state index contributed by atoms with van der Waals surface area (Å²) >= 11 is 6.46. The molecule has 0 fully saturated rings.